The van der Waals surface area contributed by atoms with Gasteiger partial charge in [0.2, 0.25) is 0 Å². The van der Waals surface area contributed by atoms with Crippen molar-refractivity contribution in [2.45, 2.75) is 13.3 Å². The average molecular weight is 381 g/mol. The first-order valence-electron chi connectivity index (χ1n) is 9.06. The molecule has 0 radical (unpaired) electrons. The fraction of sp³-hybridized carbons (Fsp3) is 0.167. The highest BCUT2D eigenvalue weighted by atomic mass is 35.5. The Labute approximate surface area is 165 Å². The van der Waals surface area contributed by atoms with E-state index in [1.54, 1.807) is 0 Å². The van der Waals surface area contributed by atoms with Crippen LogP contribution in [-0.2, 0) is 0 Å². The molecule has 0 saturated carbocycles. The van der Waals surface area contributed by atoms with Crippen molar-refractivity contribution in [1.29, 1.82) is 0 Å². The molecular weight excluding hydrogens is 359 g/mol. The van der Waals surface area contributed by atoms with Gasteiger partial charge in [-0.2, -0.15) is 0 Å². The molecule has 3 aromatic carbocycles. The van der Waals surface area contributed by atoms with Crippen LogP contribution in [0.1, 0.15) is 30.0 Å². The number of halogens is 2. The summed E-state index contributed by atoms with van der Waals surface area (Å²) in [6.45, 7) is 2.59. The molecule has 0 aliphatic rings. The lowest BCUT2D eigenvalue weighted by Gasteiger charge is -2.17. The maximum absolute atomic E-state index is 13.5. The van der Waals surface area contributed by atoms with Gasteiger partial charge in [-0.15, -0.1) is 11.6 Å². The lowest BCUT2D eigenvalue weighted by Crippen LogP contribution is -1.97. The third kappa shape index (κ3) is 4.78. The predicted molar refractivity (Wildman–Crippen MR) is 112 cm³/mol. The fourth-order valence-corrected chi connectivity index (χ4v) is 3.35. The monoisotopic (exact) mass is 380 g/mol. The molecule has 0 unspecified atom stereocenters. The maximum Gasteiger partial charge on any atom is 0.123 e. The Morgan fingerprint density at radius 3 is 1.96 bits per heavy atom. The van der Waals surface area contributed by atoms with E-state index in [9.17, 15) is 4.39 Å². The number of ether oxygens (including phenoxy) is 1. The Morgan fingerprint density at radius 1 is 0.815 bits per heavy atom. The maximum atomic E-state index is 13.5. The first-order valence-corrected chi connectivity index (χ1v) is 9.60. The van der Waals surface area contributed by atoms with Gasteiger partial charge in [0, 0.05) is 5.88 Å². The number of alkyl halides is 1. The zero-order valence-corrected chi connectivity index (χ0v) is 16.0. The number of rotatable bonds is 7. The molecule has 0 saturated heterocycles. The van der Waals surface area contributed by atoms with E-state index in [0.29, 0.717) is 18.9 Å². The highest BCUT2D eigenvalue weighted by Gasteiger charge is 2.14. The number of benzene rings is 3. The third-order valence-electron chi connectivity index (χ3n) is 4.36. The van der Waals surface area contributed by atoms with Crippen molar-refractivity contribution in [3.05, 3.63) is 101 Å². The summed E-state index contributed by atoms with van der Waals surface area (Å²) >= 11 is 6.14. The van der Waals surface area contributed by atoms with E-state index in [4.69, 9.17) is 16.3 Å². The standard InChI is InChI=1S/C24H22ClFO/c1-2-27-22-14-10-20(11-15-22)24(19-8-12-21(26)13-9-19)23(16-17-25)18-6-4-3-5-7-18/h3-15H,2,16-17H2,1H3/b24-23-. The van der Waals surface area contributed by atoms with Gasteiger partial charge in [0.25, 0.3) is 0 Å². The second-order valence-electron chi connectivity index (χ2n) is 6.12. The minimum atomic E-state index is -0.247. The van der Waals surface area contributed by atoms with E-state index >= 15 is 0 Å². The van der Waals surface area contributed by atoms with Crippen LogP contribution in [0.2, 0.25) is 0 Å². The Hall–Kier alpha value is -2.58. The minimum absolute atomic E-state index is 0.247. The molecule has 3 heteroatoms. The van der Waals surface area contributed by atoms with E-state index in [1.165, 1.54) is 12.1 Å². The van der Waals surface area contributed by atoms with Crippen molar-refractivity contribution in [3.63, 3.8) is 0 Å². The van der Waals surface area contributed by atoms with Crippen LogP contribution in [0.3, 0.4) is 0 Å². The Bertz CT molecular complexity index is 884. The lowest BCUT2D eigenvalue weighted by molar-refractivity contribution is 0.340. The summed E-state index contributed by atoms with van der Waals surface area (Å²) < 4.78 is 19.1. The van der Waals surface area contributed by atoms with Gasteiger partial charge >= 0.3 is 0 Å². The summed E-state index contributed by atoms with van der Waals surface area (Å²) in [7, 11) is 0. The molecule has 27 heavy (non-hydrogen) atoms. The van der Waals surface area contributed by atoms with Crippen molar-refractivity contribution < 1.29 is 9.13 Å². The SMILES string of the molecule is CCOc1ccc(/C(=C(/CCCl)c2ccccc2)c2ccc(F)cc2)cc1. The van der Waals surface area contributed by atoms with Crippen LogP contribution in [0.25, 0.3) is 11.1 Å². The summed E-state index contributed by atoms with van der Waals surface area (Å²) in [4.78, 5) is 0. The number of allylic oxidation sites excluding steroid dienone is 1. The molecule has 0 amide bonds. The summed E-state index contributed by atoms with van der Waals surface area (Å²) in [5, 5.41) is 0. The molecule has 0 aliphatic carbocycles. The molecular formula is C24H22ClFO. The summed E-state index contributed by atoms with van der Waals surface area (Å²) in [5.41, 5.74) is 5.33. The van der Waals surface area contributed by atoms with Crippen LogP contribution in [0.4, 0.5) is 4.39 Å². The molecule has 0 N–H and O–H groups in total. The van der Waals surface area contributed by atoms with E-state index in [1.807, 2.05) is 61.5 Å². The molecule has 138 valence electrons. The highest BCUT2D eigenvalue weighted by Crippen LogP contribution is 2.35. The Morgan fingerprint density at radius 2 is 1.41 bits per heavy atom. The van der Waals surface area contributed by atoms with Crippen molar-refractivity contribution in [3.8, 4) is 5.75 Å². The van der Waals surface area contributed by atoms with Crippen LogP contribution in [0, 0.1) is 5.82 Å². The summed E-state index contributed by atoms with van der Waals surface area (Å²) in [6, 6.07) is 24.8. The molecule has 3 rings (SSSR count). The van der Waals surface area contributed by atoms with Gasteiger partial charge in [0.15, 0.2) is 0 Å². The average Bonchev–Trinajstić information content (AvgIpc) is 2.71. The van der Waals surface area contributed by atoms with Gasteiger partial charge in [-0.25, -0.2) is 4.39 Å². The lowest BCUT2D eigenvalue weighted by atomic mass is 9.88. The zero-order valence-electron chi connectivity index (χ0n) is 15.3. The minimum Gasteiger partial charge on any atom is -0.494 e. The van der Waals surface area contributed by atoms with Crippen LogP contribution in [-0.4, -0.2) is 12.5 Å². The largest absolute Gasteiger partial charge is 0.494 e. The van der Waals surface area contributed by atoms with Crippen LogP contribution < -0.4 is 4.74 Å². The smallest absolute Gasteiger partial charge is 0.123 e. The predicted octanol–water partition coefficient (Wildman–Crippen LogP) is 6.81. The molecule has 0 atom stereocenters. The van der Waals surface area contributed by atoms with E-state index in [2.05, 4.69) is 12.1 Å². The van der Waals surface area contributed by atoms with Crippen molar-refractivity contribution in [2.75, 3.05) is 12.5 Å². The quantitative estimate of drug-likeness (QED) is 0.323. The normalized spacial score (nSPS) is 11.8. The molecule has 0 aromatic heterocycles. The van der Waals surface area contributed by atoms with Gasteiger partial charge in [0.05, 0.1) is 6.61 Å². The summed E-state index contributed by atoms with van der Waals surface area (Å²) in [5.74, 6) is 1.09. The molecule has 0 spiro atoms. The molecule has 3 aromatic rings. The topological polar surface area (TPSA) is 9.23 Å². The van der Waals surface area contributed by atoms with Gasteiger partial charge in [-0.3, -0.25) is 0 Å². The highest BCUT2D eigenvalue weighted by molar-refractivity contribution is 6.18. The van der Waals surface area contributed by atoms with E-state index < -0.39 is 0 Å². The number of hydrogen-bond acceptors (Lipinski definition) is 1. The molecule has 0 fully saturated rings. The second-order valence-corrected chi connectivity index (χ2v) is 6.50. The fourth-order valence-electron chi connectivity index (χ4n) is 3.16. The molecule has 0 heterocycles. The number of hydrogen-bond donors (Lipinski definition) is 0. The Balaban J connectivity index is 2.20. The Kier molecular flexibility index (Phi) is 6.67. The van der Waals surface area contributed by atoms with Crippen LogP contribution in [0.5, 0.6) is 5.75 Å². The van der Waals surface area contributed by atoms with Crippen LogP contribution in [0.15, 0.2) is 78.9 Å². The van der Waals surface area contributed by atoms with Gasteiger partial charge in [-0.05, 0) is 65.4 Å². The first kappa shape index (κ1) is 19.2. The van der Waals surface area contributed by atoms with Gasteiger partial charge in [-0.1, -0.05) is 54.6 Å². The van der Waals surface area contributed by atoms with E-state index in [0.717, 1.165) is 33.6 Å². The second kappa shape index (κ2) is 9.38. The van der Waals surface area contributed by atoms with Crippen LogP contribution >= 0.6 is 11.6 Å². The summed E-state index contributed by atoms with van der Waals surface area (Å²) in [6.07, 6.45) is 0.714. The molecule has 0 bridgehead atoms. The van der Waals surface area contributed by atoms with Crippen molar-refractivity contribution in [2.24, 2.45) is 0 Å². The third-order valence-corrected chi connectivity index (χ3v) is 4.54. The van der Waals surface area contributed by atoms with E-state index in [-0.39, 0.29) is 5.82 Å². The molecule has 0 aliphatic heterocycles. The molecule has 1 nitrogen and oxygen atoms in total. The van der Waals surface area contributed by atoms with Gasteiger partial charge in [0.1, 0.15) is 11.6 Å². The first-order chi connectivity index (χ1) is 13.2. The zero-order chi connectivity index (χ0) is 19.1. The van der Waals surface area contributed by atoms with Crippen molar-refractivity contribution >= 4 is 22.7 Å². The van der Waals surface area contributed by atoms with Crippen molar-refractivity contribution in [1.82, 2.24) is 0 Å². The van der Waals surface area contributed by atoms with Gasteiger partial charge < -0.3 is 4.74 Å².